The van der Waals surface area contributed by atoms with Crippen molar-refractivity contribution in [1.82, 2.24) is 14.6 Å². The molecule has 0 radical (unpaired) electrons. The molecule has 6 nitrogen and oxygen atoms in total. The van der Waals surface area contributed by atoms with Crippen molar-refractivity contribution in [2.75, 3.05) is 7.11 Å². The summed E-state index contributed by atoms with van der Waals surface area (Å²) in [6.07, 6.45) is 0. The van der Waals surface area contributed by atoms with Gasteiger partial charge in [-0.2, -0.15) is 0 Å². The van der Waals surface area contributed by atoms with E-state index in [0.29, 0.717) is 17.2 Å². The van der Waals surface area contributed by atoms with Crippen molar-refractivity contribution in [2.45, 2.75) is 13.5 Å². The Morgan fingerprint density at radius 3 is 2.73 bits per heavy atom. The SMILES string of the molecule is COC(=O)c1cccc2nnc(COc3ccccc3C)n12. The van der Waals surface area contributed by atoms with Gasteiger partial charge in [-0.05, 0) is 30.7 Å². The van der Waals surface area contributed by atoms with Gasteiger partial charge < -0.3 is 9.47 Å². The number of carbonyl (C=O) groups is 1. The number of carbonyl (C=O) groups excluding carboxylic acids is 1. The smallest absolute Gasteiger partial charge is 0.355 e. The maximum Gasteiger partial charge on any atom is 0.355 e. The van der Waals surface area contributed by atoms with Gasteiger partial charge >= 0.3 is 5.97 Å². The molecule has 2 heterocycles. The zero-order valence-corrected chi connectivity index (χ0v) is 12.3. The van der Waals surface area contributed by atoms with Crippen molar-refractivity contribution < 1.29 is 14.3 Å². The van der Waals surface area contributed by atoms with Gasteiger partial charge in [-0.15, -0.1) is 10.2 Å². The number of hydrogen-bond acceptors (Lipinski definition) is 5. The largest absolute Gasteiger partial charge is 0.485 e. The molecule has 0 amide bonds. The van der Waals surface area contributed by atoms with Gasteiger partial charge in [0, 0.05) is 0 Å². The Balaban J connectivity index is 1.94. The van der Waals surface area contributed by atoms with Crippen LogP contribution in [0.2, 0.25) is 0 Å². The van der Waals surface area contributed by atoms with Gasteiger partial charge in [0.15, 0.2) is 11.5 Å². The molecule has 0 spiro atoms. The molecular formula is C16H15N3O3. The van der Waals surface area contributed by atoms with E-state index in [0.717, 1.165) is 11.3 Å². The Kier molecular flexibility index (Phi) is 3.74. The number of esters is 1. The zero-order valence-electron chi connectivity index (χ0n) is 12.3. The average Bonchev–Trinajstić information content (AvgIpc) is 2.96. The molecule has 22 heavy (non-hydrogen) atoms. The van der Waals surface area contributed by atoms with Gasteiger partial charge in [-0.3, -0.25) is 4.40 Å². The van der Waals surface area contributed by atoms with Gasteiger partial charge in [0.05, 0.1) is 7.11 Å². The lowest BCUT2D eigenvalue weighted by atomic mass is 10.2. The maximum absolute atomic E-state index is 11.9. The van der Waals surface area contributed by atoms with Crippen molar-refractivity contribution in [2.24, 2.45) is 0 Å². The van der Waals surface area contributed by atoms with Gasteiger partial charge in [0.1, 0.15) is 18.1 Å². The van der Waals surface area contributed by atoms with Crippen molar-refractivity contribution in [3.8, 4) is 5.75 Å². The number of aromatic nitrogens is 3. The number of ether oxygens (including phenoxy) is 2. The Labute approximate surface area is 127 Å². The van der Waals surface area contributed by atoms with E-state index in [1.165, 1.54) is 7.11 Å². The second-order valence-corrected chi connectivity index (χ2v) is 4.77. The monoisotopic (exact) mass is 297 g/mol. The molecule has 0 fully saturated rings. The average molecular weight is 297 g/mol. The summed E-state index contributed by atoms with van der Waals surface area (Å²) in [7, 11) is 1.34. The van der Waals surface area contributed by atoms with Crippen LogP contribution in [0.1, 0.15) is 21.9 Å². The number of benzene rings is 1. The third-order valence-corrected chi connectivity index (χ3v) is 3.34. The summed E-state index contributed by atoms with van der Waals surface area (Å²) in [5.41, 5.74) is 1.98. The highest BCUT2D eigenvalue weighted by Crippen LogP contribution is 2.18. The number of hydrogen-bond donors (Lipinski definition) is 0. The van der Waals surface area contributed by atoms with Crippen molar-refractivity contribution in [1.29, 1.82) is 0 Å². The normalized spacial score (nSPS) is 10.6. The molecule has 0 N–H and O–H groups in total. The fraction of sp³-hybridized carbons (Fsp3) is 0.188. The fourth-order valence-electron chi connectivity index (χ4n) is 2.22. The van der Waals surface area contributed by atoms with E-state index in [2.05, 4.69) is 10.2 Å². The highest BCUT2D eigenvalue weighted by atomic mass is 16.5. The minimum atomic E-state index is -0.442. The van der Waals surface area contributed by atoms with Crippen LogP contribution in [0.15, 0.2) is 42.5 Å². The van der Waals surface area contributed by atoms with Crippen molar-refractivity contribution in [3.05, 3.63) is 59.5 Å². The summed E-state index contributed by atoms with van der Waals surface area (Å²) in [5.74, 6) is 0.872. The van der Waals surface area contributed by atoms with Crippen LogP contribution in [-0.4, -0.2) is 27.7 Å². The first kappa shape index (κ1) is 14.1. The molecule has 0 aliphatic rings. The number of methoxy groups -OCH3 is 1. The first-order valence-electron chi connectivity index (χ1n) is 6.80. The van der Waals surface area contributed by atoms with Gasteiger partial charge in [-0.1, -0.05) is 24.3 Å². The van der Waals surface area contributed by atoms with E-state index >= 15 is 0 Å². The molecule has 2 aromatic heterocycles. The number of para-hydroxylation sites is 1. The first-order chi connectivity index (χ1) is 10.7. The van der Waals surface area contributed by atoms with Gasteiger partial charge in [0.2, 0.25) is 0 Å². The lowest BCUT2D eigenvalue weighted by Gasteiger charge is -2.09. The Hall–Kier alpha value is -2.89. The van der Waals surface area contributed by atoms with E-state index in [4.69, 9.17) is 9.47 Å². The Bertz CT molecular complexity index is 826. The topological polar surface area (TPSA) is 65.7 Å². The highest BCUT2D eigenvalue weighted by molar-refractivity contribution is 5.88. The van der Waals surface area contributed by atoms with Crippen LogP contribution < -0.4 is 4.74 Å². The molecular weight excluding hydrogens is 282 g/mol. The van der Waals surface area contributed by atoms with E-state index < -0.39 is 5.97 Å². The van der Waals surface area contributed by atoms with Gasteiger partial charge in [0.25, 0.3) is 0 Å². The quantitative estimate of drug-likeness (QED) is 0.692. The van der Waals surface area contributed by atoms with Crippen molar-refractivity contribution >= 4 is 11.6 Å². The van der Waals surface area contributed by atoms with Crippen LogP contribution in [0.5, 0.6) is 5.75 Å². The molecule has 3 aromatic rings. The second-order valence-electron chi connectivity index (χ2n) is 4.77. The molecule has 0 aliphatic carbocycles. The summed E-state index contributed by atoms with van der Waals surface area (Å²) in [6.45, 7) is 2.18. The second kappa shape index (κ2) is 5.85. The van der Waals surface area contributed by atoms with E-state index in [-0.39, 0.29) is 6.61 Å². The van der Waals surface area contributed by atoms with Crippen LogP contribution in [0.4, 0.5) is 0 Å². The van der Waals surface area contributed by atoms with E-state index in [9.17, 15) is 4.79 Å². The number of aryl methyl sites for hydroxylation is 1. The molecule has 0 atom stereocenters. The number of rotatable bonds is 4. The summed E-state index contributed by atoms with van der Waals surface area (Å²) in [5, 5.41) is 8.15. The van der Waals surface area contributed by atoms with Crippen LogP contribution in [0, 0.1) is 6.92 Å². The Morgan fingerprint density at radius 1 is 1.14 bits per heavy atom. The third-order valence-electron chi connectivity index (χ3n) is 3.34. The predicted molar refractivity (Wildman–Crippen MR) is 79.8 cm³/mol. The summed E-state index contributed by atoms with van der Waals surface area (Å²) >= 11 is 0. The van der Waals surface area contributed by atoms with Gasteiger partial charge in [-0.25, -0.2) is 4.79 Å². The van der Waals surface area contributed by atoms with E-state index in [1.807, 2.05) is 31.2 Å². The molecule has 0 aliphatic heterocycles. The summed E-state index contributed by atoms with van der Waals surface area (Å²) < 4.78 is 12.2. The molecule has 0 unspecified atom stereocenters. The zero-order chi connectivity index (χ0) is 15.5. The minimum Gasteiger partial charge on any atom is -0.485 e. The number of nitrogens with zero attached hydrogens (tertiary/aromatic N) is 3. The molecule has 0 bridgehead atoms. The third kappa shape index (κ3) is 2.50. The minimum absolute atomic E-state index is 0.208. The van der Waals surface area contributed by atoms with Crippen molar-refractivity contribution in [3.63, 3.8) is 0 Å². The molecule has 3 rings (SSSR count). The van der Waals surface area contributed by atoms with E-state index in [1.54, 1.807) is 22.6 Å². The van der Waals surface area contributed by atoms with Crippen LogP contribution in [0.25, 0.3) is 5.65 Å². The summed E-state index contributed by atoms with van der Waals surface area (Å²) in [6, 6.07) is 12.9. The lowest BCUT2D eigenvalue weighted by molar-refractivity contribution is 0.0591. The molecule has 0 saturated heterocycles. The van der Waals surface area contributed by atoms with Crippen LogP contribution in [0.3, 0.4) is 0 Å². The van der Waals surface area contributed by atoms with Crippen LogP contribution in [-0.2, 0) is 11.3 Å². The summed E-state index contributed by atoms with van der Waals surface area (Å²) in [4.78, 5) is 11.9. The first-order valence-corrected chi connectivity index (χ1v) is 6.80. The molecule has 1 aromatic carbocycles. The standard InChI is InChI=1S/C16H15N3O3/c1-11-6-3-4-8-13(11)22-10-15-18-17-14-9-5-7-12(19(14)15)16(20)21-2/h3-9H,10H2,1-2H3. The molecule has 0 saturated carbocycles. The Morgan fingerprint density at radius 2 is 1.95 bits per heavy atom. The fourth-order valence-corrected chi connectivity index (χ4v) is 2.22. The lowest BCUT2D eigenvalue weighted by Crippen LogP contribution is -2.11. The number of fused-ring (bicyclic) bond motifs is 1. The highest BCUT2D eigenvalue weighted by Gasteiger charge is 2.15. The number of pyridine rings is 1. The maximum atomic E-state index is 11.9. The molecule has 112 valence electrons. The van der Waals surface area contributed by atoms with Crippen LogP contribution >= 0.6 is 0 Å². The molecule has 6 heteroatoms. The predicted octanol–water partition coefficient (Wildman–Crippen LogP) is 2.40.